The number of rotatable bonds is 2. The van der Waals surface area contributed by atoms with Crippen molar-refractivity contribution in [2.24, 2.45) is 0 Å². The van der Waals surface area contributed by atoms with Crippen LogP contribution in [0.5, 0.6) is 5.75 Å². The number of hydrogen-bond donors (Lipinski definition) is 0. The monoisotopic (exact) mass is 345 g/mol. The van der Waals surface area contributed by atoms with E-state index in [9.17, 15) is 9.59 Å². The molecule has 0 radical (unpaired) electrons. The Morgan fingerprint density at radius 1 is 0.923 bits per heavy atom. The Bertz CT molecular complexity index is 998. The predicted octanol–water partition coefficient (Wildman–Crippen LogP) is 4.48. The third-order valence-corrected chi connectivity index (χ3v) is 4.20. The average Bonchev–Trinajstić information content (AvgIpc) is 2.81. The lowest BCUT2D eigenvalue weighted by atomic mass is 10.1. The van der Waals surface area contributed by atoms with Crippen LogP contribution in [-0.2, 0) is 4.74 Å². The van der Waals surface area contributed by atoms with Gasteiger partial charge in [0.15, 0.2) is 5.75 Å². The molecule has 0 amide bonds. The number of methoxy groups -OCH3 is 1. The van der Waals surface area contributed by atoms with Crippen LogP contribution >= 0.6 is 0 Å². The molecule has 0 aromatic heterocycles. The van der Waals surface area contributed by atoms with Crippen LogP contribution in [0.15, 0.2) is 72.8 Å². The quantitative estimate of drug-likeness (QED) is 0.506. The minimum atomic E-state index is -0.454. The molecule has 0 bridgehead atoms. The third-order valence-electron chi connectivity index (χ3n) is 4.20. The summed E-state index contributed by atoms with van der Waals surface area (Å²) in [5.41, 5.74) is 2.96. The molecule has 0 aliphatic carbocycles. The molecule has 1 heterocycles. The Hall–Kier alpha value is -3.60. The molecular weight excluding hydrogens is 330 g/mol. The van der Waals surface area contributed by atoms with Crippen molar-refractivity contribution in [1.82, 2.24) is 0 Å². The largest absolute Gasteiger partial charge is 0.465 e. The SMILES string of the molecule is COC(=O)c1ccc2c(c1)N(c1ccccc1)c1ccccc1C(=O)O2. The highest BCUT2D eigenvalue weighted by Crippen LogP contribution is 2.44. The maximum atomic E-state index is 12.6. The van der Waals surface area contributed by atoms with Gasteiger partial charge in [-0.15, -0.1) is 0 Å². The first-order chi connectivity index (χ1) is 12.7. The van der Waals surface area contributed by atoms with E-state index < -0.39 is 11.9 Å². The molecule has 0 saturated heterocycles. The highest BCUT2D eigenvalue weighted by atomic mass is 16.5. The van der Waals surface area contributed by atoms with Gasteiger partial charge in [-0.25, -0.2) is 9.59 Å². The minimum absolute atomic E-state index is 0.377. The number of fused-ring (bicyclic) bond motifs is 2. The number of hydrogen-bond acceptors (Lipinski definition) is 5. The first-order valence-electron chi connectivity index (χ1n) is 8.08. The zero-order valence-electron chi connectivity index (χ0n) is 14.0. The van der Waals surface area contributed by atoms with Gasteiger partial charge in [-0.05, 0) is 42.5 Å². The Balaban J connectivity index is 2.00. The van der Waals surface area contributed by atoms with Crippen molar-refractivity contribution in [3.63, 3.8) is 0 Å². The van der Waals surface area contributed by atoms with E-state index in [2.05, 4.69) is 0 Å². The highest BCUT2D eigenvalue weighted by Gasteiger charge is 2.28. The topological polar surface area (TPSA) is 55.8 Å². The van der Waals surface area contributed by atoms with Crippen LogP contribution in [0, 0.1) is 0 Å². The predicted molar refractivity (Wildman–Crippen MR) is 97.4 cm³/mol. The van der Waals surface area contributed by atoms with Crippen LogP contribution in [0.2, 0.25) is 0 Å². The Morgan fingerprint density at radius 3 is 2.42 bits per heavy atom. The van der Waals surface area contributed by atoms with Crippen LogP contribution in [0.3, 0.4) is 0 Å². The van der Waals surface area contributed by atoms with Gasteiger partial charge in [0.1, 0.15) is 0 Å². The van der Waals surface area contributed by atoms with Gasteiger partial charge < -0.3 is 14.4 Å². The minimum Gasteiger partial charge on any atom is -0.465 e. The summed E-state index contributed by atoms with van der Waals surface area (Å²) in [7, 11) is 1.33. The summed E-state index contributed by atoms with van der Waals surface area (Å²) in [6.45, 7) is 0. The number of para-hydroxylation sites is 2. The molecule has 26 heavy (non-hydrogen) atoms. The van der Waals surface area contributed by atoms with Crippen LogP contribution < -0.4 is 9.64 Å². The van der Waals surface area contributed by atoms with Gasteiger partial charge in [0.2, 0.25) is 0 Å². The van der Waals surface area contributed by atoms with E-state index in [0.29, 0.717) is 28.3 Å². The van der Waals surface area contributed by atoms with Gasteiger partial charge in [0.05, 0.1) is 29.6 Å². The summed E-state index contributed by atoms with van der Waals surface area (Å²) >= 11 is 0. The number of carbonyl (C=O) groups is 2. The molecule has 0 saturated carbocycles. The van der Waals surface area contributed by atoms with Gasteiger partial charge >= 0.3 is 11.9 Å². The number of anilines is 3. The molecule has 5 heteroatoms. The zero-order valence-corrected chi connectivity index (χ0v) is 14.0. The van der Waals surface area contributed by atoms with E-state index in [1.165, 1.54) is 7.11 Å². The molecule has 3 aromatic carbocycles. The Labute approximate surface area is 150 Å². The fourth-order valence-corrected chi connectivity index (χ4v) is 3.00. The average molecular weight is 345 g/mol. The molecule has 0 fully saturated rings. The molecule has 0 N–H and O–H groups in total. The second-order valence-corrected chi connectivity index (χ2v) is 5.75. The van der Waals surface area contributed by atoms with Crippen molar-refractivity contribution >= 4 is 29.0 Å². The normalized spacial score (nSPS) is 12.5. The molecule has 5 nitrogen and oxygen atoms in total. The first-order valence-corrected chi connectivity index (χ1v) is 8.08. The molecule has 0 unspecified atom stereocenters. The van der Waals surface area contributed by atoms with Gasteiger partial charge in [-0.3, -0.25) is 0 Å². The van der Waals surface area contributed by atoms with Crippen molar-refractivity contribution < 1.29 is 19.1 Å². The summed E-state index contributed by atoms with van der Waals surface area (Å²) in [4.78, 5) is 26.5. The van der Waals surface area contributed by atoms with E-state index in [-0.39, 0.29) is 0 Å². The van der Waals surface area contributed by atoms with Crippen LogP contribution in [0.1, 0.15) is 20.7 Å². The molecule has 0 atom stereocenters. The fraction of sp³-hybridized carbons (Fsp3) is 0.0476. The summed E-state index contributed by atoms with van der Waals surface area (Å²) < 4.78 is 10.4. The van der Waals surface area contributed by atoms with Crippen molar-refractivity contribution in [2.45, 2.75) is 0 Å². The van der Waals surface area contributed by atoms with E-state index in [1.807, 2.05) is 47.4 Å². The lowest BCUT2D eigenvalue weighted by Crippen LogP contribution is -2.12. The smallest absolute Gasteiger partial charge is 0.345 e. The lowest BCUT2D eigenvalue weighted by molar-refractivity contribution is 0.0600. The number of benzene rings is 3. The van der Waals surface area contributed by atoms with Crippen molar-refractivity contribution in [1.29, 1.82) is 0 Å². The van der Waals surface area contributed by atoms with Crippen molar-refractivity contribution in [3.05, 3.63) is 83.9 Å². The number of carbonyl (C=O) groups excluding carboxylic acids is 2. The van der Waals surface area contributed by atoms with Gasteiger partial charge in [0, 0.05) is 5.69 Å². The standard InChI is InChI=1S/C21H15NO4/c1-25-20(23)14-11-12-19-18(13-14)22(15-7-3-2-4-8-15)17-10-6-5-9-16(17)21(24)26-19/h2-13H,1H3. The zero-order chi connectivity index (χ0) is 18.1. The summed E-state index contributed by atoms with van der Waals surface area (Å²) in [6, 6.07) is 21.7. The highest BCUT2D eigenvalue weighted by molar-refractivity contribution is 6.03. The molecule has 4 rings (SSSR count). The van der Waals surface area contributed by atoms with E-state index >= 15 is 0 Å². The van der Waals surface area contributed by atoms with Crippen LogP contribution in [0.4, 0.5) is 17.1 Å². The maximum absolute atomic E-state index is 12.6. The van der Waals surface area contributed by atoms with Crippen molar-refractivity contribution in [3.8, 4) is 5.75 Å². The maximum Gasteiger partial charge on any atom is 0.345 e. The summed E-state index contributed by atoms with van der Waals surface area (Å²) in [6.07, 6.45) is 0. The van der Waals surface area contributed by atoms with Gasteiger partial charge in [0.25, 0.3) is 0 Å². The molecule has 1 aliphatic rings. The van der Waals surface area contributed by atoms with Gasteiger partial charge in [-0.2, -0.15) is 0 Å². The summed E-state index contributed by atoms with van der Waals surface area (Å²) in [5.74, 6) is -0.515. The molecule has 3 aromatic rings. The van der Waals surface area contributed by atoms with Crippen molar-refractivity contribution in [2.75, 3.05) is 12.0 Å². The van der Waals surface area contributed by atoms with Gasteiger partial charge in [-0.1, -0.05) is 30.3 Å². The Morgan fingerprint density at radius 2 is 1.65 bits per heavy atom. The summed E-state index contributed by atoms with van der Waals surface area (Å²) in [5, 5.41) is 0. The Kier molecular flexibility index (Phi) is 3.89. The fourth-order valence-electron chi connectivity index (χ4n) is 3.00. The number of esters is 2. The molecule has 0 spiro atoms. The van der Waals surface area contributed by atoms with E-state index in [1.54, 1.807) is 30.3 Å². The molecule has 128 valence electrons. The second kappa shape index (κ2) is 6.37. The third kappa shape index (κ3) is 2.59. The van der Waals surface area contributed by atoms with E-state index in [0.717, 1.165) is 5.69 Å². The second-order valence-electron chi connectivity index (χ2n) is 5.75. The molecular formula is C21H15NO4. The van der Waals surface area contributed by atoms with Crippen LogP contribution in [0.25, 0.3) is 0 Å². The first kappa shape index (κ1) is 15.9. The van der Waals surface area contributed by atoms with Crippen LogP contribution in [-0.4, -0.2) is 19.0 Å². The molecule has 1 aliphatic heterocycles. The number of nitrogens with zero attached hydrogens (tertiary/aromatic N) is 1. The lowest BCUT2D eigenvalue weighted by Gasteiger charge is -2.25. The number of ether oxygens (including phenoxy) is 2. The van der Waals surface area contributed by atoms with E-state index in [4.69, 9.17) is 9.47 Å².